The second kappa shape index (κ2) is 6.24. The molecule has 0 radical (unpaired) electrons. The molecule has 2 N–H and O–H groups in total. The van der Waals surface area contributed by atoms with E-state index in [1.807, 2.05) is 24.3 Å². The van der Waals surface area contributed by atoms with E-state index in [0.29, 0.717) is 12.6 Å². The number of nitrogens with zero attached hydrogens (tertiary/aromatic N) is 1. The highest BCUT2D eigenvalue weighted by Crippen LogP contribution is 2.22. The average molecular weight is 279 g/mol. The lowest BCUT2D eigenvalue weighted by Gasteiger charge is -2.24. The van der Waals surface area contributed by atoms with Gasteiger partial charge in [0.15, 0.2) is 0 Å². The number of furan rings is 1. The standard InChI is InChI=1S/C15H19ClN2O/c1-11(12-3-5-13(16)6-4-12)18(2)10-15-8-7-14(9-17)19-15/h3-8,11H,9-10,17H2,1-2H3. The SMILES string of the molecule is CC(c1ccc(Cl)cc1)N(C)Cc1ccc(CN)o1. The molecule has 0 saturated carbocycles. The van der Waals surface area contributed by atoms with Gasteiger partial charge in [-0.1, -0.05) is 23.7 Å². The third-order valence-corrected chi connectivity index (χ3v) is 3.59. The molecule has 1 heterocycles. The van der Waals surface area contributed by atoms with E-state index >= 15 is 0 Å². The number of hydrogen-bond donors (Lipinski definition) is 1. The van der Waals surface area contributed by atoms with Gasteiger partial charge in [-0.2, -0.15) is 0 Å². The van der Waals surface area contributed by atoms with Gasteiger partial charge < -0.3 is 10.2 Å². The van der Waals surface area contributed by atoms with Crippen molar-refractivity contribution in [1.29, 1.82) is 0 Å². The van der Waals surface area contributed by atoms with Gasteiger partial charge in [0, 0.05) is 11.1 Å². The average Bonchev–Trinajstić information content (AvgIpc) is 2.86. The number of benzene rings is 1. The van der Waals surface area contributed by atoms with Crippen LogP contribution < -0.4 is 5.73 Å². The Morgan fingerprint density at radius 2 is 1.79 bits per heavy atom. The van der Waals surface area contributed by atoms with Gasteiger partial charge in [-0.25, -0.2) is 0 Å². The van der Waals surface area contributed by atoms with Crippen LogP contribution in [-0.2, 0) is 13.1 Å². The van der Waals surface area contributed by atoms with Crippen LogP contribution in [0.25, 0.3) is 0 Å². The molecule has 0 aliphatic carbocycles. The van der Waals surface area contributed by atoms with Crippen LogP contribution in [-0.4, -0.2) is 11.9 Å². The van der Waals surface area contributed by atoms with E-state index in [-0.39, 0.29) is 0 Å². The first-order valence-electron chi connectivity index (χ1n) is 6.33. The van der Waals surface area contributed by atoms with Gasteiger partial charge in [0.2, 0.25) is 0 Å². The summed E-state index contributed by atoms with van der Waals surface area (Å²) in [7, 11) is 2.07. The van der Waals surface area contributed by atoms with E-state index < -0.39 is 0 Å². The topological polar surface area (TPSA) is 42.4 Å². The predicted molar refractivity (Wildman–Crippen MR) is 77.9 cm³/mol. The van der Waals surface area contributed by atoms with Crippen molar-refractivity contribution in [1.82, 2.24) is 4.90 Å². The summed E-state index contributed by atoms with van der Waals surface area (Å²) in [5, 5.41) is 0.761. The van der Waals surface area contributed by atoms with Crippen LogP contribution in [0.4, 0.5) is 0 Å². The van der Waals surface area contributed by atoms with Gasteiger partial charge >= 0.3 is 0 Å². The Kier molecular flexibility index (Phi) is 4.64. The van der Waals surface area contributed by atoms with Crippen LogP contribution in [0.2, 0.25) is 5.02 Å². The summed E-state index contributed by atoms with van der Waals surface area (Å²) in [5.41, 5.74) is 6.77. The van der Waals surface area contributed by atoms with Gasteiger partial charge in [0.05, 0.1) is 13.1 Å². The van der Waals surface area contributed by atoms with Crippen molar-refractivity contribution >= 4 is 11.6 Å². The maximum absolute atomic E-state index is 5.90. The maximum Gasteiger partial charge on any atom is 0.118 e. The summed E-state index contributed by atoms with van der Waals surface area (Å²) in [6, 6.07) is 12.1. The van der Waals surface area contributed by atoms with Crippen molar-refractivity contribution in [3.05, 3.63) is 58.5 Å². The third kappa shape index (κ3) is 3.60. The molecule has 3 nitrogen and oxygen atoms in total. The molecule has 0 aliphatic rings. The van der Waals surface area contributed by atoms with E-state index in [4.69, 9.17) is 21.8 Å². The number of hydrogen-bond acceptors (Lipinski definition) is 3. The molecule has 2 rings (SSSR count). The second-order valence-corrected chi connectivity index (χ2v) is 5.15. The predicted octanol–water partition coefficient (Wildman–Crippen LogP) is 3.58. The fraction of sp³-hybridized carbons (Fsp3) is 0.333. The molecular formula is C15H19ClN2O. The zero-order chi connectivity index (χ0) is 13.8. The molecule has 1 unspecified atom stereocenters. The Balaban J connectivity index is 2.02. The first-order valence-corrected chi connectivity index (χ1v) is 6.71. The normalized spacial score (nSPS) is 12.9. The molecule has 19 heavy (non-hydrogen) atoms. The highest BCUT2D eigenvalue weighted by Gasteiger charge is 2.13. The van der Waals surface area contributed by atoms with Crippen LogP contribution in [0.5, 0.6) is 0 Å². The fourth-order valence-electron chi connectivity index (χ4n) is 2.00. The van der Waals surface area contributed by atoms with Crippen LogP contribution >= 0.6 is 11.6 Å². The van der Waals surface area contributed by atoms with Crippen LogP contribution in [0.3, 0.4) is 0 Å². The molecule has 0 bridgehead atoms. The van der Waals surface area contributed by atoms with Gasteiger partial charge in [-0.05, 0) is 43.8 Å². The zero-order valence-corrected chi connectivity index (χ0v) is 12.0. The molecule has 2 aromatic rings. The van der Waals surface area contributed by atoms with Crippen LogP contribution in [0.15, 0.2) is 40.8 Å². The van der Waals surface area contributed by atoms with Crippen molar-refractivity contribution in [3.63, 3.8) is 0 Å². The summed E-state index contributed by atoms with van der Waals surface area (Å²) in [4.78, 5) is 2.22. The summed E-state index contributed by atoms with van der Waals surface area (Å²) in [6.07, 6.45) is 0. The second-order valence-electron chi connectivity index (χ2n) is 4.71. The minimum atomic E-state index is 0.295. The number of nitrogens with two attached hydrogens (primary N) is 1. The lowest BCUT2D eigenvalue weighted by atomic mass is 10.1. The van der Waals surface area contributed by atoms with Crippen LogP contribution in [0, 0.1) is 0 Å². The molecule has 0 spiro atoms. The molecule has 4 heteroatoms. The lowest BCUT2D eigenvalue weighted by Crippen LogP contribution is -2.21. The van der Waals surface area contributed by atoms with Crippen molar-refractivity contribution < 1.29 is 4.42 Å². The first-order chi connectivity index (χ1) is 9.10. The Hall–Kier alpha value is -1.29. The molecular weight excluding hydrogens is 260 g/mol. The largest absolute Gasteiger partial charge is 0.463 e. The number of rotatable bonds is 5. The summed E-state index contributed by atoms with van der Waals surface area (Å²) >= 11 is 5.90. The van der Waals surface area contributed by atoms with Gasteiger partial charge in [0.25, 0.3) is 0 Å². The molecule has 0 fully saturated rings. The molecule has 1 atom stereocenters. The highest BCUT2D eigenvalue weighted by molar-refractivity contribution is 6.30. The summed E-state index contributed by atoms with van der Waals surface area (Å²) in [5.74, 6) is 1.76. The van der Waals surface area contributed by atoms with Crippen molar-refractivity contribution in [2.75, 3.05) is 7.05 Å². The molecule has 0 saturated heterocycles. The van der Waals surface area contributed by atoms with E-state index in [2.05, 4.69) is 31.0 Å². The van der Waals surface area contributed by atoms with Crippen molar-refractivity contribution in [3.8, 4) is 0 Å². The van der Waals surface area contributed by atoms with E-state index in [1.165, 1.54) is 5.56 Å². The maximum atomic E-state index is 5.90. The first kappa shape index (κ1) is 14.1. The Labute approximate surface area is 119 Å². The van der Waals surface area contributed by atoms with Crippen LogP contribution in [0.1, 0.15) is 30.0 Å². The fourth-order valence-corrected chi connectivity index (χ4v) is 2.12. The van der Waals surface area contributed by atoms with E-state index in [1.54, 1.807) is 0 Å². The molecule has 102 valence electrons. The summed E-state index contributed by atoms with van der Waals surface area (Å²) in [6.45, 7) is 3.36. The van der Waals surface area contributed by atoms with Gasteiger partial charge in [0.1, 0.15) is 11.5 Å². The minimum absolute atomic E-state index is 0.295. The smallest absolute Gasteiger partial charge is 0.118 e. The minimum Gasteiger partial charge on any atom is -0.463 e. The van der Waals surface area contributed by atoms with Crippen molar-refractivity contribution in [2.45, 2.75) is 26.1 Å². The molecule has 0 aliphatic heterocycles. The third-order valence-electron chi connectivity index (χ3n) is 3.34. The Morgan fingerprint density at radius 3 is 2.37 bits per heavy atom. The van der Waals surface area contributed by atoms with Gasteiger partial charge in [-0.3, -0.25) is 4.90 Å². The molecule has 0 amide bonds. The molecule has 1 aromatic heterocycles. The Morgan fingerprint density at radius 1 is 1.16 bits per heavy atom. The quantitative estimate of drug-likeness (QED) is 0.909. The van der Waals surface area contributed by atoms with Crippen molar-refractivity contribution in [2.24, 2.45) is 5.73 Å². The monoisotopic (exact) mass is 278 g/mol. The Bertz CT molecular complexity index is 521. The zero-order valence-electron chi connectivity index (χ0n) is 11.3. The highest BCUT2D eigenvalue weighted by atomic mass is 35.5. The van der Waals surface area contributed by atoms with E-state index in [9.17, 15) is 0 Å². The van der Waals surface area contributed by atoms with Gasteiger partial charge in [-0.15, -0.1) is 0 Å². The summed E-state index contributed by atoms with van der Waals surface area (Å²) < 4.78 is 5.62. The molecule has 1 aromatic carbocycles. The lowest BCUT2D eigenvalue weighted by molar-refractivity contribution is 0.230. The van der Waals surface area contributed by atoms with E-state index in [0.717, 1.165) is 23.1 Å². The number of halogens is 1.